The fourth-order valence-electron chi connectivity index (χ4n) is 1.61. The largest absolute Gasteiger partial charge is 0.399 e. The van der Waals surface area contributed by atoms with Gasteiger partial charge in [0, 0.05) is 22.9 Å². The van der Waals surface area contributed by atoms with Crippen molar-refractivity contribution in [2.75, 3.05) is 5.73 Å². The van der Waals surface area contributed by atoms with Gasteiger partial charge in [-0.3, -0.25) is 4.79 Å². The molecule has 0 bridgehead atoms. The third-order valence-electron chi connectivity index (χ3n) is 2.57. The van der Waals surface area contributed by atoms with Crippen molar-refractivity contribution in [3.05, 3.63) is 53.6 Å². The number of hydrogen-bond donors (Lipinski definition) is 2. The molecule has 0 saturated heterocycles. The predicted octanol–water partition coefficient (Wildman–Crippen LogP) is 1.67. The number of anilines is 1. The molecule has 1 atom stereocenters. The van der Waals surface area contributed by atoms with Crippen molar-refractivity contribution in [3.63, 3.8) is 0 Å². The second-order valence-electron chi connectivity index (χ2n) is 3.87. The van der Waals surface area contributed by atoms with Gasteiger partial charge in [0.2, 0.25) is 0 Å². The first-order chi connectivity index (χ1) is 7.66. The molecule has 1 unspecified atom stereocenters. The van der Waals surface area contributed by atoms with Gasteiger partial charge in [0.05, 0.1) is 0 Å². The van der Waals surface area contributed by atoms with Gasteiger partial charge in [-0.25, -0.2) is 0 Å². The molecule has 0 spiro atoms. The van der Waals surface area contributed by atoms with E-state index in [1.54, 1.807) is 30.3 Å². The third kappa shape index (κ3) is 2.20. The fraction of sp³-hybridized carbons (Fsp3) is 0.154. The van der Waals surface area contributed by atoms with Gasteiger partial charge in [0.15, 0.2) is 5.78 Å². The lowest BCUT2D eigenvalue weighted by Crippen LogP contribution is -2.19. The molecule has 0 aromatic heterocycles. The predicted molar refractivity (Wildman–Crippen MR) is 65.0 cm³/mol. The number of ketones is 1. The third-order valence-corrected chi connectivity index (χ3v) is 2.57. The second-order valence-corrected chi connectivity index (χ2v) is 3.87. The van der Waals surface area contributed by atoms with E-state index in [1.807, 2.05) is 12.2 Å². The molecule has 0 heterocycles. The Balaban J connectivity index is 2.20. The molecule has 0 aliphatic heterocycles. The summed E-state index contributed by atoms with van der Waals surface area (Å²) in [6.07, 6.45) is 6.23. The van der Waals surface area contributed by atoms with Crippen LogP contribution in [0.25, 0.3) is 0 Å². The van der Waals surface area contributed by atoms with Crippen LogP contribution in [-0.4, -0.2) is 11.8 Å². The van der Waals surface area contributed by atoms with Crippen LogP contribution >= 0.6 is 0 Å². The summed E-state index contributed by atoms with van der Waals surface area (Å²) in [5, 5.41) is 0. The Morgan fingerprint density at radius 2 is 1.94 bits per heavy atom. The van der Waals surface area contributed by atoms with Crippen LogP contribution in [0.3, 0.4) is 0 Å². The van der Waals surface area contributed by atoms with E-state index in [4.69, 9.17) is 11.5 Å². The minimum Gasteiger partial charge on any atom is -0.399 e. The zero-order valence-corrected chi connectivity index (χ0v) is 8.89. The van der Waals surface area contributed by atoms with Gasteiger partial charge in [-0.15, -0.1) is 0 Å². The number of nitrogen functional groups attached to an aromatic ring is 1. The minimum atomic E-state index is 0.0168. The number of carbonyl (C=O) groups is 1. The van der Waals surface area contributed by atoms with Gasteiger partial charge < -0.3 is 11.5 Å². The summed E-state index contributed by atoms with van der Waals surface area (Å²) >= 11 is 0. The summed E-state index contributed by atoms with van der Waals surface area (Å²) in [4.78, 5) is 12.0. The highest BCUT2D eigenvalue weighted by Crippen LogP contribution is 2.16. The molecule has 3 heteroatoms. The lowest BCUT2D eigenvalue weighted by atomic mass is 9.96. The molecular weight excluding hydrogens is 200 g/mol. The lowest BCUT2D eigenvalue weighted by Gasteiger charge is -2.10. The van der Waals surface area contributed by atoms with Gasteiger partial charge in [0.1, 0.15) is 0 Å². The maximum Gasteiger partial charge on any atom is 0.192 e. The highest BCUT2D eigenvalue weighted by atomic mass is 16.1. The topological polar surface area (TPSA) is 69.1 Å². The Morgan fingerprint density at radius 1 is 1.25 bits per heavy atom. The highest BCUT2D eigenvalue weighted by Gasteiger charge is 2.12. The molecule has 16 heavy (non-hydrogen) atoms. The van der Waals surface area contributed by atoms with Crippen LogP contribution in [0.4, 0.5) is 5.69 Å². The van der Waals surface area contributed by atoms with E-state index in [2.05, 4.69) is 0 Å². The van der Waals surface area contributed by atoms with Crippen molar-refractivity contribution < 1.29 is 4.79 Å². The molecule has 1 aliphatic carbocycles. The van der Waals surface area contributed by atoms with Crippen LogP contribution < -0.4 is 11.5 Å². The Kier molecular flexibility index (Phi) is 2.88. The summed E-state index contributed by atoms with van der Waals surface area (Å²) in [7, 11) is 0. The minimum absolute atomic E-state index is 0.0168. The molecule has 4 N–H and O–H groups in total. The molecule has 1 aromatic carbocycles. The first-order valence-corrected chi connectivity index (χ1v) is 5.21. The van der Waals surface area contributed by atoms with Crippen LogP contribution in [-0.2, 0) is 0 Å². The Morgan fingerprint density at radius 3 is 2.50 bits per heavy atom. The molecule has 0 radical (unpaired) electrons. The van der Waals surface area contributed by atoms with E-state index in [0.717, 1.165) is 0 Å². The van der Waals surface area contributed by atoms with Gasteiger partial charge in [0.25, 0.3) is 0 Å². The zero-order valence-electron chi connectivity index (χ0n) is 8.89. The molecule has 3 nitrogen and oxygen atoms in total. The van der Waals surface area contributed by atoms with Crippen LogP contribution in [0.5, 0.6) is 0 Å². The van der Waals surface area contributed by atoms with Crippen molar-refractivity contribution in [1.29, 1.82) is 0 Å². The Bertz CT molecular complexity index is 457. The first kappa shape index (κ1) is 10.6. The van der Waals surface area contributed by atoms with Crippen molar-refractivity contribution >= 4 is 11.5 Å². The van der Waals surface area contributed by atoms with Crippen LogP contribution in [0.1, 0.15) is 16.8 Å². The molecule has 2 rings (SSSR count). The van der Waals surface area contributed by atoms with Gasteiger partial charge >= 0.3 is 0 Å². The van der Waals surface area contributed by atoms with Crippen LogP contribution in [0.15, 0.2) is 48.1 Å². The van der Waals surface area contributed by atoms with Gasteiger partial charge in [-0.2, -0.15) is 0 Å². The molecule has 0 saturated carbocycles. The lowest BCUT2D eigenvalue weighted by molar-refractivity contribution is 0.103. The van der Waals surface area contributed by atoms with Gasteiger partial charge in [-0.05, 0) is 30.7 Å². The molecule has 1 aromatic rings. The van der Waals surface area contributed by atoms with E-state index in [0.29, 0.717) is 23.2 Å². The number of rotatable bonds is 2. The van der Waals surface area contributed by atoms with Crippen molar-refractivity contribution in [3.8, 4) is 0 Å². The Labute approximate surface area is 94.4 Å². The summed E-state index contributed by atoms with van der Waals surface area (Å²) in [6, 6.07) is 6.96. The van der Waals surface area contributed by atoms with Crippen molar-refractivity contribution in [2.24, 2.45) is 5.73 Å². The first-order valence-electron chi connectivity index (χ1n) is 5.21. The molecule has 1 aliphatic rings. The second kappa shape index (κ2) is 4.33. The SMILES string of the molecule is Nc1ccc(C(=O)C2=CCC(N)C=C2)cc1. The molecule has 82 valence electrons. The van der Waals surface area contributed by atoms with E-state index >= 15 is 0 Å². The summed E-state index contributed by atoms with van der Waals surface area (Å²) < 4.78 is 0. The summed E-state index contributed by atoms with van der Waals surface area (Å²) in [6.45, 7) is 0. The van der Waals surface area contributed by atoms with E-state index in [1.165, 1.54) is 0 Å². The zero-order chi connectivity index (χ0) is 11.5. The number of allylic oxidation sites excluding steroid dienone is 2. The highest BCUT2D eigenvalue weighted by molar-refractivity contribution is 6.10. The number of hydrogen-bond acceptors (Lipinski definition) is 3. The fourth-order valence-corrected chi connectivity index (χ4v) is 1.61. The normalized spacial score (nSPS) is 19.3. The number of Topliss-reactive ketones (excluding diaryl/α,β-unsaturated/α-hetero) is 1. The number of benzene rings is 1. The van der Waals surface area contributed by atoms with E-state index < -0.39 is 0 Å². The molecule has 0 fully saturated rings. The summed E-state index contributed by atoms with van der Waals surface area (Å²) in [5.41, 5.74) is 13.3. The van der Waals surface area contributed by atoms with E-state index in [9.17, 15) is 4.79 Å². The maximum absolute atomic E-state index is 12.0. The Hall–Kier alpha value is -1.87. The van der Waals surface area contributed by atoms with Crippen LogP contribution in [0, 0.1) is 0 Å². The smallest absolute Gasteiger partial charge is 0.192 e. The maximum atomic E-state index is 12.0. The monoisotopic (exact) mass is 214 g/mol. The average Bonchev–Trinajstić information content (AvgIpc) is 2.30. The molecule has 0 amide bonds. The molecular formula is C13H14N2O. The average molecular weight is 214 g/mol. The van der Waals surface area contributed by atoms with Crippen molar-refractivity contribution in [1.82, 2.24) is 0 Å². The van der Waals surface area contributed by atoms with E-state index in [-0.39, 0.29) is 11.8 Å². The summed E-state index contributed by atoms with van der Waals surface area (Å²) in [5.74, 6) is 0.0168. The number of carbonyl (C=O) groups excluding carboxylic acids is 1. The van der Waals surface area contributed by atoms with Gasteiger partial charge in [-0.1, -0.05) is 18.2 Å². The standard InChI is InChI=1S/C13H14N2O/c14-11-5-1-9(2-6-11)13(16)10-3-7-12(15)8-4-10/h1-7,12H,8,14-15H2. The number of nitrogens with two attached hydrogens (primary N) is 2. The van der Waals surface area contributed by atoms with Crippen molar-refractivity contribution in [2.45, 2.75) is 12.5 Å². The quantitative estimate of drug-likeness (QED) is 0.581. The van der Waals surface area contributed by atoms with Crippen LogP contribution in [0.2, 0.25) is 0 Å².